The number of aliphatic hydroxyl groups excluding tert-OH is 2. The summed E-state index contributed by atoms with van der Waals surface area (Å²) in [6.45, 7) is 9.43. The van der Waals surface area contributed by atoms with Crippen LogP contribution in [0.3, 0.4) is 0 Å². The molecule has 2 N–H and O–H groups in total. The molecule has 1 rings (SSSR count). The van der Waals surface area contributed by atoms with Crippen molar-refractivity contribution in [2.75, 3.05) is 14.1 Å². The molecule has 2 atom stereocenters. The Morgan fingerprint density at radius 1 is 1.27 bits per heavy atom. The van der Waals surface area contributed by atoms with Crippen LogP contribution in [0.1, 0.15) is 13.3 Å². The second kappa shape index (κ2) is 12.2. The van der Waals surface area contributed by atoms with E-state index in [2.05, 4.69) is 25.0 Å². The smallest absolute Gasteiger partial charge is 0.263 e. The summed E-state index contributed by atoms with van der Waals surface area (Å²) in [5, 5.41) is 20.2. The molecule has 6 nitrogen and oxygen atoms in total. The van der Waals surface area contributed by atoms with Gasteiger partial charge in [-0.25, -0.2) is 0 Å². The van der Waals surface area contributed by atoms with Crippen LogP contribution in [0.15, 0.2) is 84.8 Å². The van der Waals surface area contributed by atoms with Gasteiger partial charge >= 0.3 is 0 Å². The minimum Gasteiger partial charge on any atom is -0.380 e. The number of carbonyl (C=O) groups is 2. The Bertz CT molecular complexity index is 892. The molecule has 0 aliphatic carbocycles. The number of nitrogens with zero attached hydrogens (tertiary/aromatic N) is 2. The first kappa shape index (κ1) is 24.6. The van der Waals surface area contributed by atoms with Gasteiger partial charge in [0, 0.05) is 37.1 Å². The molecule has 0 aromatic heterocycles. The van der Waals surface area contributed by atoms with Crippen LogP contribution >= 0.6 is 0 Å². The van der Waals surface area contributed by atoms with Crippen LogP contribution in [0.25, 0.3) is 0 Å². The second-order valence-corrected chi connectivity index (χ2v) is 6.55. The zero-order valence-corrected chi connectivity index (χ0v) is 17.6. The molecule has 0 spiro atoms. The number of aliphatic hydroxyl groups is 2. The maximum atomic E-state index is 12.7. The van der Waals surface area contributed by atoms with E-state index in [4.69, 9.17) is 0 Å². The molecular formula is C24H28N2O4. The molecule has 1 aliphatic rings. The molecular weight excluding hydrogens is 380 g/mol. The summed E-state index contributed by atoms with van der Waals surface area (Å²) in [6, 6.07) is 0. The number of hydrogen-bond donors (Lipinski definition) is 2. The van der Waals surface area contributed by atoms with E-state index >= 15 is 0 Å². The summed E-state index contributed by atoms with van der Waals surface area (Å²) in [5.74, 6) is 4.40. The van der Waals surface area contributed by atoms with Crippen molar-refractivity contribution in [2.24, 2.45) is 0 Å². The number of rotatable bonds is 5. The summed E-state index contributed by atoms with van der Waals surface area (Å²) in [4.78, 5) is 26.8. The van der Waals surface area contributed by atoms with E-state index in [0.29, 0.717) is 12.0 Å². The van der Waals surface area contributed by atoms with Crippen LogP contribution in [0, 0.1) is 11.8 Å². The monoisotopic (exact) mass is 408 g/mol. The first-order valence-electron chi connectivity index (χ1n) is 9.34. The summed E-state index contributed by atoms with van der Waals surface area (Å²) >= 11 is 0. The Labute approximate surface area is 178 Å². The van der Waals surface area contributed by atoms with Crippen LogP contribution in [-0.4, -0.2) is 58.1 Å². The molecule has 0 fully saturated rings. The van der Waals surface area contributed by atoms with Crippen molar-refractivity contribution in [3.05, 3.63) is 84.8 Å². The van der Waals surface area contributed by atoms with Gasteiger partial charge in [0.25, 0.3) is 11.8 Å². The Balaban J connectivity index is 3.20. The predicted molar refractivity (Wildman–Crippen MR) is 119 cm³/mol. The maximum Gasteiger partial charge on any atom is 0.263 e. The molecule has 0 aromatic rings. The van der Waals surface area contributed by atoms with Gasteiger partial charge < -0.3 is 15.1 Å². The fraction of sp³-hybridized carbons (Fsp3) is 0.250. The zero-order valence-electron chi connectivity index (χ0n) is 17.6. The van der Waals surface area contributed by atoms with Crippen LogP contribution in [-0.2, 0) is 9.59 Å². The van der Waals surface area contributed by atoms with E-state index < -0.39 is 24.0 Å². The highest BCUT2D eigenvalue weighted by molar-refractivity contribution is 5.92. The minimum absolute atomic E-state index is 0.232. The quantitative estimate of drug-likeness (QED) is 0.540. The normalized spacial score (nSPS) is 20.4. The van der Waals surface area contributed by atoms with E-state index in [0.717, 1.165) is 15.4 Å². The van der Waals surface area contributed by atoms with Crippen molar-refractivity contribution < 1.29 is 19.8 Å². The molecule has 2 amide bonds. The first-order valence-corrected chi connectivity index (χ1v) is 9.34. The van der Waals surface area contributed by atoms with Gasteiger partial charge in [-0.1, -0.05) is 61.5 Å². The second-order valence-electron chi connectivity index (χ2n) is 6.55. The van der Waals surface area contributed by atoms with Crippen molar-refractivity contribution in [3.8, 4) is 11.8 Å². The van der Waals surface area contributed by atoms with Gasteiger partial charge in [0.05, 0.1) is 0 Å². The molecule has 0 bridgehead atoms. The Hall–Kier alpha value is -3.40. The fourth-order valence-corrected chi connectivity index (χ4v) is 2.39. The topological polar surface area (TPSA) is 81.1 Å². The lowest BCUT2D eigenvalue weighted by molar-refractivity contribution is -0.154. The molecule has 0 saturated heterocycles. The van der Waals surface area contributed by atoms with E-state index in [1.165, 1.54) is 20.3 Å². The van der Waals surface area contributed by atoms with Gasteiger partial charge in [0.2, 0.25) is 0 Å². The van der Waals surface area contributed by atoms with Crippen molar-refractivity contribution >= 4 is 11.8 Å². The maximum absolute atomic E-state index is 12.7. The number of hydrogen-bond acceptors (Lipinski definition) is 4. The van der Waals surface area contributed by atoms with Crippen LogP contribution in [0.2, 0.25) is 0 Å². The summed E-state index contributed by atoms with van der Waals surface area (Å²) in [6.07, 6.45) is 12.2. The van der Waals surface area contributed by atoms with Crippen molar-refractivity contribution in [3.63, 3.8) is 0 Å². The fourth-order valence-electron chi connectivity index (χ4n) is 2.39. The van der Waals surface area contributed by atoms with E-state index in [1.807, 2.05) is 25.2 Å². The van der Waals surface area contributed by atoms with Gasteiger partial charge in [0.1, 0.15) is 0 Å². The average molecular weight is 408 g/mol. The van der Waals surface area contributed by atoms with E-state index in [-0.39, 0.29) is 5.70 Å². The summed E-state index contributed by atoms with van der Waals surface area (Å²) in [7, 11) is 2.84. The van der Waals surface area contributed by atoms with Crippen molar-refractivity contribution in [1.29, 1.82) is 0 Å². The van der Waals surface area contributed by atoms with E-state index in [1.54, 1.807) is 30.4 Å². The highest BCUT2D eigenvalue weighted by Crippen LogP contribution is 2.15. The SMILES string of the molecule is C=C/C=C(C#CC1=C/C(=C)N(C(=O)C(O)C(O)C(=O)N(C)C)/C=C\C/C=C\1)\C=C/C. The van der Waals surface area contributed by atoms with Crippen molar-refractivity contribution in [2.45, 2.75) is 25.6 Å². The molecule has 1 aliphatic heterocycles. The van der Waals surface area contributed by atoms with Crippen molar-refractivity contribution in [1.82, 2.24) is 9.80 Å². The first-order chi connectivity index (χ1) is 14.2. The molecule has 158 valence electrons. The lowest BCUT2D eigenvalue weighted by Gasteiger charge is -2.25. The summed E-state index contributed by atoms with van der Waals surface area (Å²) in [5.41, 5.74) is 1.59. The zero-order chi connectivity index (χ0) is 22.7. The highest BCUT2D eigenvalue weighted by Gasteiger charge is 2.34. The lowest BCUT2D eigenvalue weighted by Crippen LogP contribution is -2.49. The Morgan fingerprint density at radius 3 is 2.57 bits per heavy atom. The third kappa shape index (κ3) is 7.21. The lowest BCUT2D eigenvalue weighted by atomic mass is 10.1. The van der Waals surface area contributed by atoms with Crippen LogP contribution < -0.4 is 0 Å². The molecule has 6 heteroatoms. The van der Waals surface area contributed by atoms with Gasteiger partial charge in [0.15, 0.2) is 12.2 Å². The van der Waals surface area contributed by atoms with Gasteiger partial charge in [-0.3, -0.25) is 14.5 Å². The molecule has 0 saturated carbocycles. The molecule has 2 unspecified atom stereocenters. The van der Waals surface area contributed by atoms with Crippen LogP contribution in [0.4, 0.5) is 0 Å². The largest absolute Gasteiger partial charge is 0.380 e. The third-order valence-electron chi connectivity index (χ3n) is 3.93. The number of allylic oxidation sites excluding steroid dienone is 10. The number of amides is 2. The molecule has 1 heterocycles. The van der Waals surface area contributed by atoms with Crippen LogP contribution in [0.5, 0.6) is 0 Å². The Kier molecular flexibility index (Phi) is 10.0. The Morgan fingerprint density at radius 2 is 1.97 bits per heavy atom. The standard InChI is InChI=1S/C24H28N2O4/c1-6-11-19(12-7-2)14-15-20-13-9-8-10-16-26(18(3)17-20)24(30)22(28)21(27)23(29)25(4)5/h6-7,9-13,16-17,21-22,27-28H,1,3,8H2,2,4-5H3/b12-7-,13-9-,16-10-,19-11+,20-17+. The number of carbonyl (C=O) groups excluding carboxylic acids is 2. The van der Waals surface area contributed by atoms with Gasteiger partial charge in [-0.05, 0) is 25.5 Å². The third-order valence-corrected chi connectivity index (χ3v) is 3.93. The average Bonchev–Trinajstić information content (AvgIpc) is 2.80. The number of likely N-dealkylation sites (N-methyl/N-ethyl adjacent to an activating group) is 1. The van der Waals surface area contributed by atoms with Gasteiger partial charge in [-0.2, -0.15) is 0 Å². The van der Waals surface area contributed by atoms with E-state index in [9.17, 15) is 19.8 Å². The van der Waals surface area contributed by atoms with Gasteiger partial charge in [-0.15, -0.1) is 0 Å². The molecule has 0 radical (unpaired) electrons. The predicted octanol–water partition coefficient (Wildman–Crippen LogP) is 2.23. The minimum atomic E-state index is -1.94. The summed E-state index contributed by atoms with van der Waals surface area (Å²) < 4.78 is 0. The molecule has 0 aromatic carbocycles. The highest BCUT2D eigenvalue weighted by atomic mass is 16.3. The molecule has 30 heavy (non-hydrogen) atoms.